The van der Waals surface area contributed by atoms with E-state index in [2.05, 4.69) is 11.1 Å². The molecule has 3 fully saturated rings. The molecule has 1 aromatic heterocycles. The van der Waals surface area contributed by atoms with Crippen LogP contribution in [0, 0.1) is 30.6 Å². The quantitative estimate of drug-likeness (QED) is 0.0293. The highest BCUT2D eigenvalue weighted by molar-refractivity contribution is 7.80. The summed E-state index contributed by atoms with van der Waals surface area (Å²) < 4.78 is 87.7. The van der Waals surface area contributed by atoms with Gasteiger partial charge in [-0.05, 0) is 107 Å². The second kappa shape index (κ2) is 35.6. The summed E-state index contributed by atoms with van der Waals surface area (Å²) in [5.74, 6) is -4.53. The molecule has 2 aromatic rings. The number of aliphatic hydroxyl groups excluding tert-OH is 2. The van der Waals surface area contributed by atoms with Gasteiger partial charge in [0.15, 0.2) is 24.1 Å². The van der Waals surface area contributed by atoms with Crippen LogP contribution in [0.1, 0.15) is 198 Å². The smallest absolute Gasteiger partial charge is 0.397 e. The molecule has 18 unspecified atom stereocenters. The Hall–Kier alpha value is -4.15. The number of hydrogen-bond donors (Lipinski definition) is 6. The highest BCUT2D eigenvalue weighted by atomic mass is 32.3. The Balaban J connectivity index is 0.000000393. The molecule has 18 atom stereocenters. The Morgan fingerprint density at radius 1 is 0.813 bits per heavy atom. The molecule has 5 heterocycles. The lowest BCUT2D eigenvalue weighted by Crippen LogP contribution is -2.61. The predicted octanol–water partition coefficient (Wildman–Crippen LogP) is 9.16. The Morgan fingerprint density at radius 2 is 1.43 bits per heavy atom. The number of benzene rings is 1. The summed E-state index contributed by atoms with van der Waals surface area (Å²) in [7, 11) is 0.973. The SMILES string of the molecule is CC1=CCc2c(cc3oc(C)cc(=O)c3c2O)OC1.CCC(=O)OC1C(OC2C(C)C(OC3CC(C)(OC)C(O)C(C)O3)C(C)C(=O)OC(CC)C(C)(O)C(O)C(C)C(=O)C(C)CC2(C)O)OC(C)CC1N(C)C.CCCCCCCCCCCCOS(=O)(=O)O. The Kier molecular flexibility index (Phi) is 31.0. The maximum atomic E-state index is 14.2. The molecule has 1 aromatic carbocycles. The van der Waals surface area contributed by atoms with Gasteiger partial charge < -0.3 is 72.7 Å². The molecular formula is C67H111NO22S. The fourth-order valence-corrected chi connectivity index (χ4v) is 13.1. The van der Waals surface area contributed by atoms with Crippen LogP contribution in [0.5, 0.6) is 11.5 Å². The van der Waals surface area contributed by atoms with Crippen LogP contribution in [-0.4, -0.2) is 180 Å². The average molecular weight is 1310 g/mol. The van der Waals surface area contributed by atoms with E-state index in [4.69, 9.17) is 46.9 Å². The van der Waals surface area contributed by atoms with E-state index in [1.165, 1.54) is 78.9 Å². The molecule has 522 valence electrons. The minimum atomic E-state index is -4.23. The molecule has 0 spiro atoms. The third-order valence-electron chi connectivity index (χ3n) is 18.4. The number of aliphatic hydroxyl groups is 4. The summed E-state index contributed by atoms with van der Waals surface area (Å²) >= 11 is 0. The van der Waals surface area contributed by atoms with E-state index in [1.54, 1.807) is 61.5 Å². The zero-order valence-corrected chi connectivity index (χ0v) is 58.0. The minimum absolute atomic E-state index is 0.0350. The van der Waals surface area contributed by atoms with Crippen molar-refractivity contribution < 1.29 is 99.4 Å². The molecule has 0 amide bonds. The molecule has 3 saturated heterocycles. The third kappa shape index (κ3) is 22.2. The number of nitrogens with zero attached hydrogens (tertiary/aromatic N) is 1. The lowest BCUT2D eigenvalue weighted by Gasteiger charge is -2.49. The summed E-state index contributed by atoms with van der Waals surface area (Å²) in [4.78, 5) is 54.9. The summed E-state index contributed by atoms with van der Waals surface area (Å²) in [5, 5.41) is 57.1. The molecule has 4 aliphatic rings. The van der Waals surface area contributed by atoms with Crippen LogP contribution in [0.25, 0.3) is 11.0 Å². The van der Waals surface area contributed by atoms with Gasteiger partial charge in [-0.25, -0.2) is 4.18 Å². The van der Waals surface area contributed by atoms with Crippen molar-refractivity contribution in [3.05, 3.63) is 45.3 Å². The van der Waals surface area contributed by atoms with Crippen molar-refractivity contribution in [1.82, 2.24) is 4.90 Å². The Bertz CT molecular complexity index is 2840. The van der Waals surface area contributed by atoms with E-state index in [0.29, 0.717) is 48.5 Å². The number of fused-ring (bicyclic) bond motifs is 2. The standard InChI is InChI=1S/C40H71NO14.C15H14O4.C12H26O4S/c1-15-27-40(11,48)33(44)22(5)30(43)20(3)18-38(9,47)35(55-37-32(53-28(42)16-2)26(41(12)13)17-21(4)50-37)23(6)31(24(7)36(46)52-27)54-29-19-39(10,49-14)34(45)25(8)51-29;1-8-3-4-10-12(18-7-8)6-13-14(15(10)17)11(16)5-9(2)19-13;1-2-3-4-5-6-7-8-9-10-11-12-16-17(13,14)15/h20-27,29,31-35,37,44-45,47-48H,15-19H2,1-14H3;3,5-6,17H,4,7H2,1-2H3;2-12H2,1H3,(H,13,14,15). The average Bonchev–Trinajstić information content (AvgIpc) is 1.50. The van der Waals surface area contributed by atoms with Gasteiger partial charge in [-0.3, -0.25) is 23.7 Å². The predicted molar refractivity (Wildman–Crippen MR) is 342 cm³/mol. The number of ketones is 1. The molecule has 0 bridgehead atoms. The summed E-state index contributed by atoms with van der Waals surface area (Å²) in [6.07, 6.45) is 4.72. The van der Waals surface area contributed by atoms with E-state index in [9.17, 15) is 53.1 Å². The van der Waals surface area contributed by atoms with Gasteiger partial charge in [-0.2, -0.15) is 8.42 Å². The van der Waals surface area contributed by atoms with E-state index >= 15 is 0 Å². The first-order valence-electron chi connectivity index (χ1n) is 32.8. The largest absolute Gasteiger partial charge is 0.507 e. The first-order valence-corrected chi connectivity index (χ1v) is 34.1. The van der Waals surface area contributed by atoms with Crippen LogP contribution in [0.3, 0.4) is 0 Å². The highest BCUT2D eigenvalue weighted by Crippen LogP contribution is 2.42. The zero-order chi connectivity index (χ0) is 68.5. The van der Waals surface area contributed by atoms with Gasteiger partial charge in [-0.15, -0.1) is 0 Å². The van der Waals surface area contributed by atoms with Crippen molar-refractivity contribution in [3.63, 3.8) is 0 Å². The van der Waals surface area contributed by atoms with Crippen LogP contribution in [-0.2, 0) is 68.5 Å². The van der Waals surface area contributed by atoms with Crippen LogP contribution in [0.4, 0.5) is 0 Å². The third-order valence-corrected chi connectivity index (χ3v) is 18.8. The number of ether oxygens (including phenoxy) is 8. The number of cyclic esters (lactones) is 1. The monoisotopic (exact) mass is 1310 g/mol. The molecular weight excluding hydrogens is 1200 g/mol. The van der Waals surface area contributed by atoms with Gasteiger partial charge in [-0.1, -0.05) is 105 Å². The molecule has 0 saturated carbocycles. The molecule has 6 N–H and O–H groups in total. The first-order chi connectivity index (χ1) is 42.5. The number of likely N-dealkylation sites (N-methyl/N-ethyl adjacent to an activating group) is 1. The van der Waals surface area contributed by atoms with Gasteiger partial charge in [0.1, 0.15) is 58.4 Å². The van der Waals surface area contributed by atoms with Crippen LogP contribution >= 0.6 is 0 Å². The van der Waals surface area contributed by atoms with Crippen molar-refractivity contribution in [2.24, 2.45) is 23.7 Å². The molecule has 0 radical (unpaired) electrons. The van der Waals surface area contributed by atoms with E-state index < -0.39 is 124 Å². The number of allylic oxidation sites excluding steroid dienone is 1. The van der Waals surface area contributed by atoms with Crippen molar-refractivity contribution in [3.8, 4) is 11.5 Å². The van der Waals surface area contributed by atoms with Gasteiger partial charge >= 0.3 is 22.3 Å². The van der Waals surface area contributed by atoms with E-state index in [1.807, 2.05) is 38.9 Å². The van der Waals surface area contributed by atoms with Gasteiger partial charge in [0, 0.05) is 55.4 Å². The molecule has 6 rings (SSSR count). The lowest BCUT2D eigenvalue weighted by molar-refractivity contribution is -0.319. The number of carbonyl (C=O) groups excluding carboxylic acids is 3. The van der Waals surface area contributed by atoms with E-state index in [-0.39, 0.29) is 61.0 Å². The van der Waals surface area contributed by atoms with Crippen molar-refractivity contribution in [1.29, 1.82) is 0 Å². The second-order valence-electron chi connectivity index (χ2n) is 26.6. The second-order valence-corrected chi connectivity index (χ2v) is 27.7. The number of aromatic hydroxyl groups is 1. The number of phenolic OH excluding ortho intramolecular Hbond substituents is 1. The Labute approximate surface area is 540 Å². The number of hydrogen-bond acceptors (Lipinski definition) is 22. The van der Waals surface area contributed by atoms with Gasteiger partial charge in [0.25, 0.3) is 0 Å². The number of carbonyl (C=O) groups is 3. The first kappa shape index (κ1) is 79.3. The number of unbranched alkanes of at least 4 members (excludes halogenated alkanes) is 9. The van der Waals surface area contributed by atoms with Crippen molar-refractivity contribution in [2.45, 2.75) is 284 Å². The number of aryl methyl sites for hydroxylation is 1. The van der Waals surface area contributed by atoms with Gasteiger partial charge in [0.05, 0.1) is 60.3 Å². The maximum Gasteiger partial charge on any atom is 0.397 e. The number of rotatable bonds is 21. The number of phenols is 1. The summed E-state index contributed by atoms with van der Waals surface area (Å²) in [6, 6.07) is 2.75. The fraction of sp³-hybridized carbons (Fsp3) is 0.791. The molecule has 23 nitrogen and oxygen atoms in total. The molecule has 91 heavy (non-hydrogen) atoms. The summed E-state index contributed by atoms with van der Waals surface area (Å²) in [5.41, 5.74) is -3.06. The van der Waals surface area contributed by atoms with Crippen LogP contribution in [0.2, 0.25) is 0 Å². The number of esters is 2. The zero-order valence-electron chi connectivity index (χ0n) is 57.2. The van der Waals surface area contributed by atoms with Crippen molar-refractivity contribution >= 4 is 39.1 Å². The molecule has 4 aliphatic heterocycles. The normalized spacial score (nSPS) is 33.6. The Morgan fingerprint density at radius 3 is 2.00 bits per heavy atom. The maximum absolute atomic E-state index is 14.2. The number of Topliss-reactive ketones (excluding diaryl/α,β-unsaturated/α-hetero) is 1. The minimum Gasteiger partial charge on any atom is -0.507 e. The van der Waals surface area contributed by atoms with E-state index in [0.717, 1.165) is 18.4 Å². The molecule has 24 heteroatoms. The topological polar surface area (TPSA) is 323 Å². The lowest BCUT2D eigenvalue weighted by atomic mass is 9.74. The van der Waals surface area contributed by atoms with Gasteiger partial charge in [0.2, 0.25) is 0 Å². The molecule has 0 aliphatic carbocycles. The fourth-order valence-electron chi connectivity index (χ4n) is 12.8. The summed E-state index contributed by atoms with van der Waals surface area (Å²) in [6.45, 7) is 24.5. The van der Waals surface area contributed by atoms with Crippen LogP contribution in [0.15, 0.2) is 33.0 Å². The highest BCUT2D eigenvalue weighted by Gasteiger charge is 2.54. The van der Waals surface area contributed by atoms with Crippen molar-refractivity contribution in [2.75, 3.05) is 34.4 Å². The number of methoxy groups -OCH3 is 1. The van der Waals surface area contributed by atoms with Crippen LogP contribution < -0.4 is 10.2 Å².